The van der Waals surface area contributed by atoms with E-state index in [0.29, 0.717) is 6.61 Å². The molecular weight excluding hydrogens is 348 g/mol. The summed E-state index contributed by atoms with van der Waals surface area (Å²) in [5.74, 6) is -0.0634. The molecule has 9 nitrogen and oxygen atoms in total. The Morgan fingerprint density at radius 2 is 2.08 bits per heavy atom. The minimum atomic E-state index is -0.667. The van der Waals surface area contributed by atoms with E-state index in [1.54, 1.807) is 6.92 Å². The van der Waals surface area contributed by atoms with Crippen molar-refractivity contribution in [2.45, 2.75) is 26.7 Å². The molecule has 0 fully saturated rings. The molecule has 1 amide bonds. The Bertz CT molecular complexity index is 790. The average molecular weight is 366 g/mol. The van der Waals surface area contributed by atoms with E-state index in [9.17, 15) is 14.9 Å². The second-order valence-electron chi connectivity index (χ2n) is 5.26. The normalized spacial score (nSPS) is 10.6. The minimum Gasteiger partial charge on any atom is -0.493 e. The molecule has 10 heteroatoms. The highest BCUT2D eigenvalue weighted by Gasteiger charge is 2.25. The lowest BCUT2D eigenvalue weighted by Crippen LogP contribution is -2.14. The summed E-state index contributed by atoms with van der Waals surface area (Å²) in [4.78, 5) is 23.2. The molecule has 0 aliphatic carbocycles. The van der Waals surface area contributed by atoms with Crippen molar-refractivity contribution in [1.29, 1.82) is 0 Å². The highest BCUT2D eigenvalue weighted by Crippen LogP contribution is 2.35. The van der Waals surface area contributed by atoms with Crippen molar-refractivity contribution in [2.24, 2.45) is 0 Å². The maximum absolute atomic E-state index is 12.5. The van der Waals surface area contributed by atoms with Crippen LogP contribution in [0.15, 0.2) is 12.1 Å². The number of rotatable bonds is 7. The average Bonchev–Trinajstić information content (AvgIpc) is 3.03. The fourth-order valence-electron chi connectivity index (χ4n) is 1.99. The van der Waals surface area contributed by atoms with Crippen LogP contribution in [0.1, 0.15) is 42.1 Å². The third-order valence-electron chi connectivity index (χ3n) is 3.18. The number of methoxy groups -OCH3 is 1. The molecule has 0 aliphatic rings. The molecule has 0 unspecified atom stereocenters. The maximum atomic E-state index is 12.5. The molecule has 1 aromatic heterocycles. The number of hydrogen-bond acceptors (Lipinski definition) is 8. The van der Waals surface area contributed by atoms with Crippen LogP contribution in [-0.2, 0) is 0 Å². The van der Waals surface area contributed by atoms with Gasteiger partial charge in [0.05, 0.1) is 24.7 Å². The molecule has 1 N–H and O–H groups in total. The van der Waals surface area contributed by atoms with E-state index in [2.05, 4.69) is 15.5 Å². The molecule has 0 spiro atoms. The number of ether oxygens (including phenoxy) is 2. The zero-order chi connectivity index (χ0) is 18.6. The van der Waals surface area contributed by atoms with Crippen LogP contribution in [-0.4, -0.2) is 34.7 Å². The van der Waals surface area contributed by atoms with Crippen molar-refractivity contribution in [3.8, 4) is 11.5 Å². The first-order chi connectivity index (χ1) is 11.9. The van der Waals surface area contributed by atoms with Crippen molar-refractivity contribution in [3.63, 3.8) is 0 Å². The van der Waals surface area contributed by atoms with Gasteiger partial charge in [0.15, 0.2) is 11.5 Å². The highest BCUT2D eigenvalue weighted by atomic mass is 32.1. The number of carbonyl (C=O) groups is 1. The molecule has 1 heterocycles. The quantitative estimate of drug-likeness (QED) is 0.590. The van der Waals surface area contributed by atoms with Crippen LogP contribution in [0, 0.1) is 10.1 Å². The van der Waals surface area contributed by atoms with Gasteiger partial charge in [-0.15, -0.1) is 10.2 Å². The van der Waals surface area contributed by atoms with E-state index in [4.69, 9.17) is 9.47 Å². The summed E-state index contributed by atoms with van der Waals surface area (Å²) < 4.78 is 10.5. The SMILES string of the molecule is CCOc1cc([N+](=O)[O-])c(C(=O)Nc2nnc(C(C)C)s2)cc1OC. The summed E-state index contributed by atoms with van der Waals surface area (Å²) in [5, 5.41) is 22.7. The number of carbonyl (C=O) groups excluding carboxylic acids is 1. The number of hydrogen-bond donors (Lipinski definition) is 1. The van der Waals surface area contributed by atoms with E-state index < -0.39 is 10.8 Å². The number of nitrogens with zero attached hydrogens (tertiary/aromatic N) is 3. The van der Waals surface area contributed by atoms with Gasteiger partial charge in [0.1, 0.15) is 10.6 Å². The topological polar surface area (TPSA) is 116 Å². The standard InChI is InChI=1S/C15H18N4O5S/c1-5-24-12-7-10(19(21)22)9(6-11(12)23-4)13(20)16-15-18-17-14(25-15)8(2)3/h6-8H,5H2,1-4H3,(H,16,18,20). The molecule has 2 rings (SSSR count). The Morgan fingerprint density at radius 3 is 2.60 bits per heavy atom. The van der Waals surface area contributed by atoms with Gasteiger partial charge in [-0.2, -0.15) is 0 Å². The fraction of sp³-hybridized carbons (Fsp3) is 0.400. The summed E-state index contributed by atoms with van der Waals surface area (Å²) in [6, 6.07) is 2.46. The summed E-state index contributed by atoms with van der Waals surface area (Å²) >= 11 is 1.22. The summed E-state index contributed by atoms with van der Waals surface area (Å²) in [5.41, 5.74) is -0.526. The lowest BCUT2D eigenvalue weighted by Gasteiger charge is -2.11. The minimum absolute atomic E-state index is 0.147. The second-order valence-corrected chi connectivity index (χ2v) is 6.27. The van der Waals surface area contributed by atoms with Crippen LogP contribution >= 0.6 is 11.3 Å². The van der Waals surface area contributed by atoms with E-state index >= 15 is 0 Å². The lowest BCUT2D eigenvalue weighted by molar-refractivity contribution is -0.385. The number of nitro benzene ring substituents is 1. The predicted octanol–water partition coefficient (Wildman–Crippen LogP) is 3.23. The monoisotopic (exact) mass is 366 g/mol. The van der Waals surface area contributed by atoms with Gasteiger partial charge in [0, 0.05) is 12.0 Å². The molecule has 0 saturated heterocycles. The van der Waals surface area contributed by atoms with Gasteiger partial charge in [-0.1, -0.05) is 25.2 Å². The Labute approximate surface area is 148 Å². The van der Waals surface area contributed by atoms with Crippen LogP contribution in [0.5, 0.6) is 11.5 Å². The van der Waals surface area contributed by atoms with Gasteiger partial charge in [0.2, 0.25) is 5.13 Å². The van der Waals surface area contributed by atoms with Crippen LogP contribution in [0.4, 0.5) is 10.8 Å². The zero-order valence-electron chi connectivity index (χ0n) is 14.2. The van der Waals surface area contributed by atoms with Crippen molar-refractivity contribution in [2.75, 3.05) is 19.0 Å². The van der Waals surface area contributed by atoms with Gasteiger partial charge in [-0.25, -0.2) is 0 Å². The van der Waals surface area contributed by atoms with Crippen LogP contribution in [0.3, 0.4) is 0 Å². The molecular formula is C15H18N4O5S. The molecule has 0 bridgehead atoms. The Kier molecular flexibility index (Phi) is 5.86. The molecule has 2 aromatic rings. The predicted molar refractivity (Wildman–Crippen MR) is 92.8 cm³/mol. The molecule has 0 saturated carbocycles. The summed E-state index contributed by atoms with van der Waals surface area (Å²) in [6.07, 6.45) is 0. The van der Waals surface area contributed by atoms with Crippen molar-refractivity contribution in [1.82, 2.24) is 10.2 Å². The van der Waals surface area contributed by atoms with Gasteiger partial charge in [-0.05, 0) is 6.92 Å². The third kappa shape index (κ3) is 4.21. The summed E-state index contributed by atoms with van der Waals surface area (Å²) in [7, 11) is 1.39. The molecule has 1 aromatic carbocycles. The van der Waals surface area contributed by atoms with E-state index in [1.807, 2.05) is 13.8 Å². The Morgan fingerprint density at radius 1 is 1.36 bits per heavy atom. The first kappa shape index (κ1) is 18.6. The molecule has 134 valence electrons. The summed E-state index contributed by atoms with van der Waals surface area (Å²) in [6.45, 7) is 5.96. The fourth-order valence-corrected chi connectivity index (χ4v) is 2.73. The zero-order valence-corrected chi connectivity index (χ0v) is 15.0. The Balaban J connectivity index is 2.37. The van der Waals surface area contributed by atoms with Gasteiger partial charge in [0.25, 0.3) is 11.6 Å². The van der Waals surface area contributed by atoms with Crippen molar-refractivity contribution >= 4 is 28.1 Å². The van der Waals surface area contributed by atoms with E-state index in [1.165, 1.54) is 30.6 Å². The number of aromatic nitrogens is 2. The third-order valence-corrected chi connectivity index (χ3v) is 4.32. The van der Waals surface area contributed by atoms with Crippen LogP contribution < -0.4 is 14.8 Å². The molecule has 0 aliphatic heterocycles. The molecule has 25 heavy (non-hydrogen) atoms. The van der Waals surface area contributed by atoms with Gasteiger partial charge in [-0.3, -0.25) is 20.2 Å². The van der Waals surface area contributed by atoms with E-state index in [-0.39, 0.29) is 33.8 Å². The number of anilines is 1. The van der Waals surface area contributed by atoms with E-state index in [0.717, 1.165) is 5.01 Å². The van der Waals surface area contributed by atoms with Gasteiger partial charge >= 0.3 is 0 Å². The molecule has 0 atom stereocenters. The highest BCUT2D eigenvalue weighted by molar-refractivity contribution is 7.15. The first-order valence-electron chi connectivity index (χ1n) is 7.51. The van der Waals surface area contributed by atoms with Crippen LogP contribution in [0.2, 0.25) is 0 Å². The van der Waals surface area contributed by atoms with Crippen molar-refractivity contribution < 1.29 is 19.2 Å². The lowest BCUT2D eigenvalue weighted by atomic mass is 10.1. The van der Waals surface area contributed by atoms with Crippen LogP contribution in [0.25, 0.3) is 0 Å². The smallest absolute Gasteiger partial charge is 0.286 e. The number of amides is 1. The number of benzene rings is 1. The van der Waals surface area contributed by atoms with Gasteiger partial charge < -0.3 is 9.47 Å². The molecule has 0 radical (unpaired) electrons. The number of nitro groups is 1. The van der Waals surface area contributed by atoms with Crippen molar-refractivity contribution in [3.05, 3.63) is 32.8 Å². The Hall–Kier alpha value is -2.75. The maximum Gasteiger partial charge on any atom is 0.286 e. The largest absolute Gasteiger partial charge is 0.493 e. The number of nitrogens with one attached hydrogen (secondary N) is 1. The second kappa shape index (κ2) is 7.88. The first-order valence-corrected chi connectivity index (χ1v) is 8.33.